The lowest BCUT2D eigenvalue weighted by atomic mass is 10.0. The molecule has 2 bridgehead atoms. The predicted octanol–water partition coefficient (Wildman–Crippen LogP) is 5.87. The highest BCUT2D eigenvalue weighted by atomic mass is 35.5. The number of aromatic nitrogens is 1. The smallest absolute Gasteiger partial charge is 0.387 e. The topological polar surface area (TPSA) is 120 Å². The number of rotatable bonds is 10. The van der Waals surface area contributed by atoms with Gasteiger partial charge in [-0.2, -0.15) is 0 Å². The number of nitrogens with zero attached hydrogens (tertiary/aromatic N) is 3. The van der Waals surface area contributed by atoms with Crippen molar-refractivity contribution in [3.05, 3.63) is 101 Å². The van der Waals surface area contributed by atoms with E-state index in [4.69, 9.17) is 16.6 Å². The number of piperazine rings is 1. The summed E-state index contributed by atoms with van der Waals surface area (Å²) in [6, 6.07) is 23.9. The molecule has 13 heteroatoms. The Morgan fingerprint density at radius 1 is 0.927 bits per heavy atom. The zero-order chi connectivity index (χ0) is 39.9. The number of hydrogen-bond donors (Lipinski definition) is 2. The van der Waals surface area contributed by atoms with Crippen molar-refractivity contribution in [1.82, 2.24) is 15.2 Å². The number of halogens is 2. The van der Waals surface area contributed by atoms with Gasteiger partial charge in [0.25, 0.3) is 5.91 Å². The number of carbonyl (C=O) groups is 2. The molecule has 1 aromatic heterocycles. The standard InChI is InChI=1S/C42H48ClFN4O5SSi/c1-41(2,3)26-54(52,53)31-18-28(22-45-39(50)25-49)46-38(19-31)48-29-14-15-30(48)24-47(23-29)40(51)35-20-34(37(44)21-36(35)43)27-12-16-33(17-13-27)55(42(4,5)6)32-10-8-7-9-11-32/h7-13,16-21,29-30,49H,14-15,22-26H2,1-6H3/p+1. The summed E-state index contributed by atoms with van der Waals surface area (Å²) >= 11 is 6.58. The summed E-state index contributed by atoms with van der Waals surface area (Å²) in [5.41, 5.74) is 1.01. The molecule has 0 aliphatic carbocycles. The lowest BCUT2D eigenvalue weighted by Crippen LogP contribution is -2.55. The van der Waals surface area contributed by atoms with Crippen LogP contribution in [-0.2, 0) is 21.2 Å². The zero-order valence-corrected chi connectivity index (χ0v) is 34.8. The van der Waals surface area contributed by atoms with Crippen LogP contribution in [0.3, 0.4) is 0 Å². The van der Waals surface area contributed by atoms with Crippen LogP contribution in [0, 0.1) is 11.2 Å². The molecule has 3 heterocycles. The molecule has 2 N–H and O–H groups in total. The van der Waals surface area contributed by atoms with Crippen molar-refractivity contribution < 1.29 is 27.5 Å². The van der Waals surface area contributed by atoms with E-state index < -0.39 is 42.4 Å². The van der Waals surface area contributed by atoms with Gasteiger partial charge in [-0.15, -0.1) is 0 Å². The molecular weight excluding hydrogens is 755 g/mol. The van der Waals surface area contributed by atoms with Crippen LogP contribution in [0.5, 0.6) is 0 Å². The normalized spacial score (nSPS) is 17.3. The molecule has 0 spiro atoms. The Balaban J connectivity index is 1.26. The largest absolute Gasteiger partial charge is 0.396 e. The second kappa shape index (κ2) is 15.8. The molecule has 2 aliphatic rings. The molecule has 6 rings (SSSR count). The van der Waals surface area contributed by atoms with Crippen molar-refractivity contribution in [2.45, 2.75) is 82.9 Å². The van der Waals surface area contributed by atoms with E-state index in [-0.39, 0.29) is 50.8 Å². The first-order chi connectivity index (χ1) is 25.8. The number of amides is 2. The van der Waals surface area contributed by atoms with E-state index in [0.717, 1.165) is 12.8 Å². The monoisotopic (exact) mass is 803 g/mol. The summed E-state index contributed by atoms with van der Waals surface area (Å²) in [7, 11) is -4.88. The molecule has 0 radical (unpaired) electrons. The lowest BCUT2D eigenvalue weighted by Gasteiger charge is -2.42. The number of likely N-dealkylation sites (tertiary alicyclic amines) is 1. The molecule has 4 aromatic rings. The number of aliphatic hydroxyl groups excluding tert-OH is 1. The highest BCUT2D eigenvalue weighted by molar-refractivity contribution is 7.91. The first-order valence-electron chi connectivity index (χ1n) is 18.6. The number of carbonyl (C=O) groups excluding carboxylic acids is 2. The van der Waals surface area contributed by atoms with Crippen molar-refractivity contribution in [3.63, 3.8) is 0 Å². The summed E-state index contributed by atoms with van der Waals surface area (Å²) in [4.78, 5) is 34.7. The summed E-state index contributed by atoms with van der Waals surface area (Å²) in [5.74, 6) is -1.04. The first kappa shape index (κ1) is 40.6. The zero-order valence-electron chi connectivity index (χ0n) is 32.2. The molecule has 2 unspecified atom stereocenters. The third-order valence-electron chi connectivity index (χ3n) is 10.0. The number of pyridine rings is 1. The summed E-state index contributed by atoms with van der Waals surface area (Å²) < 4.78 is 42.7. The molecule has 2 amide bonds. The van der Waals surface area contributed by atoms with Crippen LogP contribution in [0.1, 0.15) is 70.4 Å². The molecule has 2 saturated heterocycles. The minimum Gasteiger partial charge on any atom is -0.387 e. The van der Waals surface area contributed by atoms with Crippen LogP contribution in [0.2, 0.25) is 10.1 Å². The number of benzene rings is 3. The Labute approximate surface area is 330 Å². The number of hydrogen-bond acceptors (Lipinski definition) is 7. The van der Waals surface area contributed by atoms with Gasteiger partial charge in [-0.05, 0) is 93.1 Å². The second-order valence-electron chi connectivity index (χ2n) is 16.8. The summed E-state index contributed by atoms with van der Waals surface area (Å²) in [6.07, 6.45) is 1.50. The van der Waals surface area contributed by atoms with Crippen molar-refractivity contribution in [3.8, 4) is 11.1 Å². The summed E-state index contributed by atoms with van der Waals surface area (Å²) in [5, 5.41) is 14.4. The van der Waals surface area contributed by atoms with Crippen LogP contribution in [0.15, 0.2) is 83.8 Å². The van der Waals surface area contributed by atoms with Gasteiger partial charge in [0, 0.05) is 30.7 Å². The lowest BCUT2D eigenvalue weighted by molar-refractivity contribution is -0.124. The van der Waals surface area contributed by atoms with E-state index in [9.17, 15) is 23.1 Å². The molecule has 55 heavy (non-hydrogen) atoms. The maximum absolute atomic E-state index is 15.6. The van der Waals surface area contributed by atoms with Gasteiger partial charge in [-0.3, -0.25) is 9.59 Å². The van der Waals surface area contributed by atoms with Crippen LogP contribution < -0.4 is 20.6 Å². The first-order valence-corrected chi connectivity index (χ1v) is 22.1. The third kappa shape index (κ3) is 9.14. The molecule has 2 atom stereocenters. The van der Waals surface area contributed by atoms with Gasteiger partial charge in [0.1, 0.15) is 28.6 Å². The van der Waals surface area contributed by atoms with Crippen LogP contribution in [0.4, 0.5) is 10.2 Å². The average molecular weight is 804 g/mol. The highest BCUT2D eigenvalue weighted by Gasteiger charge is 2.46. The van der Waals surface area contributed by atoms with E-state index in [1.807, 2.05) is 39.0 Å². The number of anilines is 1. The molecular formula is C42H49ClFN4O5SSi+. The van der Waals surface area contributed by atoms with Gasteiger partial charge in [-0.1, -0.05) is 62.7 Å². The van der Waals surface area contributed by atoms with Crippen molar-refractivity contribution in [2.75, 3.05) is 30.3 Å². The third-order valence-corrected chi connectivity index (χ3v) is 15.9. The van der Waals surface area contributed by atoms with Gasteiger partial charge in [0.15, 0.2) is 9.84 Å². The van der Waals surface area contributed by atoms with Crippen molar-refractivity contribution in [1.29, 1.82) is 0 Å². The van der Waals surface area contributed by atoms with Crippen LogP contribution >= 0.6 is 11.6 Å². The molecule has 3 aromatic carbocycles. The predicted molar refractivity (Wildman–Crippen MR) is 218 cm³/mol. The molecule has 0 saturated carbocycles. The van der Waals surface area contributed by atoms with E-state index in [1.165, 1.54) is 22.5 Å². The van der Waals surface area contributed by atoms with Gasteiger partial charge >= 0.3 is 8.80 Å². The maximum Gasteiger partial charge on any atom is 0.396 e. The maximum atomic E-state index is 15.6. The summed E-state index contributed by atoms with van der Waals surface area (Å²) in [6.45, 7) is 12.2. The Hall–Kier alpha value is -4.10. The quantitative estimate of drug-likeness (QED) is 0.193. The molecule has 2 aliphatic heterocycles. The van der Waals surface area contributed by atoms with Crippen molar-refractivity contribution in [2.24, 2.45) is 5.41 Å². The van der Waals surface area contributed by atoms with Gasteiger partial charge in [0.2, 0.25) is 5.91 Å². The number of sulfone groups is 1. The Kier molecular flexibility index (Phi) is 11.7. The highest BCUT2D eigenvalue weighted by Crippen LogP contribution is 2.38. The van der Waals surface area contributed by atoms with Crippen LogP contribution in [0.25, 0.3) is 11.1 Å². The molecule has 2 fully saturated rings. The van der Waals surface area contributed by atoms with E-state index in [1.54, 1.807) is 17.0 Å². The SMILES string of the molecule is CC(C)(C)CS(=O)(=O)c1cc(CNC(=O)CO)nc(N2C3CCC2CN(C(=O)c2cc(-c4ccc([Si+](c5ccccc5)C(C)(C)C)cc4)c(F)cc2Cl)C3)c1. The second-order valence-corrected chi connectivity index (χ2v) is 22.6. The fourth-order valence-corrected chi connectivity index (χ4v) is 13.1. The Morgan fingerprint density at radius 3 is 2.13 bits per heavy atom. The van der Waals surface area contributed by atoms with Gasteiger partial charge in [0.05, 0.1) is 38.5 Å². The van der Waals surface area contributed by atoms with E-state index >= 15 is 4.39 Å². The van der Waals surface area contributed by atoms with E-state index in [2.05, 4.69) is 67.4 Å². The van der Waals surface area contributed by atoms with Gasteiger partial charge in [-0.25, -0.2) is 17.8 Å². The number of fused-ring (bicyclic) bond motifs is 2. The van der Waals surface area contributed by atoms with Gasteiger partial charge < -0.3 is 20.2 Å². The number of aliphatic hydroxyl groups is 1. The van der Waals surface area contributed by atoms with Crippen LogP contribution in [-0.4, -0.2) is 81.6 Å². The molecule has 9 nitrogen and oxygen atoms in total. The Morgan fingerprint density at radius 2 is 1.55 bits per heavy atom. The minimum absolute atomic E-state index is 0.0329. The van der Waals surface area contributed by atoms with E-state index in [0.29, 0.717) is 35.7 Å². The Bertz CT molecular complexity index is 2160. The average Bonchev–Trinajstić information content (AvgIpc) is 3.38. The fourth-order valence-electron chi connectivity index (χ4n) is 7.85. The molecule has 290 valence electrons. The van der Waals surface area contributed by atoms with Crippen molar-refractivity contribution >= 4 is 58.2 Å². The fraction of sp³-hybridized carbons (Fsp3) is 0.405. The number of nitrogens with one attached hydrogen (secondary N) is 1. The minimum atomic E-state index is -3.72.